The Balaban J connectivity index is 1.98. The molecule has 1 fully saturated rings. The van der Waals surface area contributed by atoms with E-state index in [1.54, 1.807) is 0 Å². The zero-order valence-electron chi connectivity index (χ0n) is 8.59. The first-order valence-corrected chi connectivity index (χ1v) is 5.32. The van der Waals surface area contributed by atoms with E-state index in [9.17, 15) is 0 Å². The lowest BCUT2D eigenvalue weighted by Gasteiger charge is -2.16. The van der Waals surface area contributed by atoms with E-state index in [4.69, 9.17) is 4.74 Å². The quantitative estimate of drug-likeness (QED) is 0.459. The third kappa shape index (κ3) is 5.06. The van der Waals surface area contributed by atoms with Gasteiger partial charge in [-0.3, -0.25) is 0 Å². The lowest BCUT2D eigenvalue weighted by Crippen LogP contribution is -2.30. The Labute approximate surface area is 81.4 Å². The Kier molecular flexibility index (Phi) is 5.09. The van der Waals surface area contributed by atoms with E-state index in [0.717, 1.165) is 32.0 Å². The van der Waals surface area contributed by atoms with Crippen molar-refractivity contribution in [3.05, 3.63) is 12.7 Å². The zero-order chi connectivity index (χ0) is 9.52. The maximum Gasteiger partial charge on any atom is 0.0697 e. The van der Waals surface area contributed by atoms with Crippen LogP contribution >= 0.6 is 0 Å². The Morgan fingerprint density at radius 2 is 2.38 bits per heavy atom. The Morgan fingerprint density at radius 1 is 1.62 bits per heavy atom. The first kappa shape index (κ1) is 10.7. The highest BCUT2D eigenvalue weighted by atomic mass is 16.5. The zero-order valence-corrected chi connectivity index (χ0v) is 8.59. The second-order valence-corrected chi connectivity index (χ2v) is 3.66. The van der Waals surface area contributed by atoms with Gasteiger partial charge in [0.25, 0.3) is 0 Å². The van der Waals surface area contributed by atoms with Gasteiger partial charge in [0.1, 0.15) is 0 Å². The van der Waals surface area contributed by atoms with Gasteiger partial charge in [0.15, 0.2) is 0 Å². The predicted octanol–water partition coefficient (Wildman–Crippen LogP) is 2.11. The molecule has 1 aliphatic rings. The molecule has 2 nitrogen and oxygen atoms in total. The summed E-state index contributed by atoms with van der Waals surface area (Å²) in [6.45, 7) is 7.67. The first-order chi connectivity index (χ1) is 6.36. The van der Waals surface area contributed by atoms with Crippen LogP contribution in [-0.2, 0) is 4.74 Å². The summed E-state index contributed by atoms with van der Waals surface area (Å²) < 4.78 is 5.68. The van der Waals surface area contributed by atoms with Gasteiger partial charge in [-0.25, -0.2) is 0 Å². The standard InChI is InChI=1S/C11H21NO/c1-3-5-8-13-11(4-2)9-12-10-6-7-10/h3,10-12H,1,4-9H2,2H3. The molecule has 0 aromatic rings. The summed E-state index contributed by atoms with van der Waals surface area (Å²) in [6.07, 6.45) is 7.05. The average molecular weight is 183 g/mol. The SMILES string of the molecule is C=CCCOC(CC)CNC1CC1. The molecule has 0 spiro atoms. The van der Waals surface area contributed by atoms with Crippen molar-refractivity contribution in [2.75, 3.05) is 13.2 Å². The van der Waals surface area contributed by atoms with Crippen LogP contribution in [-0.4, -0.2) is 25.3 Å². The van der Waals surface area contributed by atoms with Gasteiger partial charge in [-0.15, -0.1) is 6.58 Å². The normalized spacial score (nSPS) is 18.5. The van der Waals surface area contributed by atoms with Crippen LogP contribution < -0.4 is 5.32 Å². The monoisotopic (exact) mass is 183 g/mol. The Hall–Kier alpha value is -0.340. The maximum absolute atomic E-state index is 5.68. The van der Waals surface area contributed by atoms with Gasteiger partial charge >= 0.3 is 0 Å². The fraction of sp³-hybridized carbons (Fsp3) is 0.818. The molecule has 1 atom stereocenters. The highest BCUT2D eigenvalue weighted by Gasteiger charge is 2.21. The molecule has 0 saturated heterocycles. The van der Waals surface area contributed by atoms with Crippen molar-refractivity contribution in [1.29, 1.82) is 0 Å². The van der Waals surface area contributed by atoms with Crippen LogP contribution in [0.25, 0.3) is 0 Å². The summed E-state index contributed by atoms with van der Waals surface area (Å²) in [7, 11) is 0. The number of hydrogen-bond donors (Lipinski definition) is 1. The molecule has 1 aliphatic carbocycles. The topological polar surface area (TPSA) is 21.3 Å². The van der Waals surface area contributed by atoms with E-state index < -0.39 is 0 Å². The second-order valence-electron chi connectivity index (χ2n) is 3.66. The summed E-state index contributed by atoms with van der Waals surface area (Å²) >= 11 is 0. The van der Waals surface area contributed by atoms with Crippen LogP contribution in [0.5, 0.6) is 0 Å². The van der Waals surface area contributed by atoms with Crippen molar-refractivity contribution in [3.63, 3.8) is 0 Å². The van der Waals surface area contributed by atoms with Crippen molar-refractivity contribution < 1.29 is 4.74 Å². The van der Waals surface area contributed by atoms with Gasteiger partial charge in [0.05, 0.1) is 12.7 Å². The molecule has 0 bridgehead atoms. The minimum absolute atomic E-state index is 0.389. The lowest BCUT2D eigenvalue weighted by molar-refractivity contribution is 0.0537. The lowest BCUT2D eigenvalue weighted by atomic mass is 10.2. The molecule has 0 aromatic heterocycles. The van der Waals surface area contributed by atoms with Crippen LogP contribution in [0.2, 0.25) is 0 Å². The van der Waals surface area contributed by atoms with Crippen molar-refractivity contribution in [1.82, 2.24) is 5.32 Å². The summed E-state index contributed by atoms with van der Waals surface area (Å²) in [5, 5.41) is 3.48. The fourth-order valence-electron chi connectivity index (χ4n) is 1.22. The Morgan fingerprint density at radius 3 is 2.92 bits per heavy atom. The largest absolute Gasteiger partial charge is 0.377 e. The van der Waals surface area contributed by atoms with E-state index in [-0.39, 0.29) is 0 Å². The minimum atomic E-state index is 0.389. The number of nitrogens with one attached hydrogen (secondary N) is 1. The molecule has 13 heavy (non-hydrogen) atoms. The molecule has 0 heterocycles. The molecule has 1 N–H and O–H groups in total. The average Bonchev–Trinajstić information content (AvgIpc) is 2.94. The molecule has 1 rings (SSSR count). The van der Waals surface area contributed by atoms with Crippen LogP contribution in [0.4, 0.5) is 0 Å². The molecular weight excluding hydrogens is 162 g/mol. The molecule has 0 aliphatic heterocycles. The second kappa shape index (κ2) is 6.17. The smallest absolute Gasteiger partial charge is 0.0697 e. The van der Waals surface area contributed by atoms with E-state index >= 15 is 0 Å². The van der Waals surface area contributed by atoms with Crippen LogP contribution in [0.3, 0.4) is 0 Å². The fourth-order valence-corrected chi connectivity index (χ4v) is 1.22. The van der Waals surface area contributed by atoms with Crippen molar-refractivity contribution in [2.24, 2.45) is 0 Å². The van der Waals surface area contributed by atoms with Crippen molar-refractivity contribution >= 4 is 0 Å². The summed E-state index contributed by atoms with van der Waals surface area (Å²) in [6, 6.07) is 0.789. The van der Waals surface area contributed by atoms with Crippen LogP contribution in [0.15, 0.2) is 12.7 Å². The van der Waals surface area contributed by atoms with E-state index in [0.29, 0.717) is 6.10 Å². The third-order valence-corrected chi connectivity index (χ3v) is 2.34. The number of ether oxygens (including phenoxy) is 1. The summed E-state index contributed by atoms with van der Waals surface area (Å²) in [5.74, 6) is 0. The minimum Gasteiger partial charge on any atom is -0.377 e. The highest BCUT2D eigenvalue weighted by Crippen LogP contribution is 2.18. The molecule has 1 saturated carbocycles. The summed E-state index contributed by atoms with van der Waals surface area (Å²) in [5.41, 5.74) is 0. The summed E-state index contributed by atoms with van der Waals surface area (Å²) in [4.78, 5) is 0. The van der Waals surface area contributed by atoms with Crippen LogP contribution in [0.1, 0.15) is 32.6 Å². The predicted molar refractivity (Wildman–Crippen MR) is 55.9 cm³/mol. The van der Waals surface area contributed by atoms with Gasteiger partial charge in [-0.1, -0.05) is 13.0 Å². The Bertz CT molecular complexity index is 143. The van der Waals surface area contributed by atoms with Crippen molar-refractivity contribution in [3.8, 4) is 0 Å². The van der Waals surface area contributed by atoms with E-state index in [1.807, 2.05) is 6.08 Å². The number of hydrogen-bond acceptors (Lipinski definition) is 2. The van der Waals surface area contributed by atoms with E-state index in [2.05, 4.69) is 18.8 Å². The molecule has 0 amide bonds. The maximum atomic E-state index is 5.68. The van der Waals surface area contributed by atoms with Gasteiger partial charge < -0.3 is 10.1 Å². The van der Waals surface area contributed by atoms with Gasteiger partial charge in [0.2, 0.25) is 0 Å². The molecule has 2 heteroatoms. The highest BCUT2D eigenvalue weighted by molar-refractivity contribution is 4.81. The molecule has 1 unspecified atom stereocenters. The van der Waals surface area contributed by atoms with Gasteiger partial charge in [-0.05, 0) is 25.7 Å². The number of rotatable bonds is 8. The molecule has 0 aromatic carbocycles. The first-order valence-electron chi connectivity index (χ1n) is 5.32. The van der Waals surface area contributed by atoms with Gasteiger partial charge in [0, 0.05) is 12.6 Å². The van der Waals surface area contributed by atoms with Crippen molar-refractivity contribution in [2.45, 2.75) is 44.8 Å². The van der Waals surface area contributed by atoms with Gasteiger partial charge in [-0.2, -0.15) is 0 Å². The van der Waals surface area contributed by atoms with E-state index in [1.165, 1.54) is 12.8 Å². The van der Waals surface area contributed by atoms with Crippen LogP contribution in [0, 0.1) is 0 Å². The molecule has 0 radical (unpaired) electrons. The molecule has 76 valence electrons. The third-order valence-electron chi connectivity index (χ3n) is 2.34. The molecular formula is C11H21NO.